The highest BCUT2D eigenvalue weighted by Gasteiger charge is 2.42. The third-order valence-electron chi connectivity index (χ3n) is 5.33. The number of hydrogen-bond donors (Lipinski definition) is 1. The fourth-order valence-electron chi connectivity index (χ4n) is 3.77. The first-order chi connectivity index (χ1) is 13.7. The number of aryl methyl sites for hydroxylation is 2. The van der Waals surface area contributed by atoms with Crippen molar-refractivity contribution in [2.45, 2.75) is 24.7 Å². The van der Waals surface area contributed by atoms with Crippen LogP contribution in [0.4, 0.5) is 4.39 Å². The van der Waals surface area contributed by atoms with Crippen LogP contribution in [0.15, 0.2) is 53.1 Å². The minimum Gasteiger partial charge on any atom is -0.380 e. The number of rotatable bonds is 5. The van der Waals surface area contributed by atoms with Crippen molar-refractivity contribution in [3.8, 4) is 0 Å². The van der Waals surface area contributed by atoms with Crippen LogP contribution in [0.1, 0.15) is 29.5 Å². The minimum absolute atomic E-state index is 0.266. The van der Waals surface area contributed by atoms with Crippen molar-refractivity contribution < 1.29 is 13.7 Å². The lowest BCUT2D eigenvalue weighted by Gasteiger charge is -2.23. The van der Waals surface area contributed by atoms with E-state index in [0.717, 1.165) is 28.8 Å². The Morgan fingerprint density at radius 3 is 2.68 bits per heavy atom. The minimum atomic E-state index is -0.491. The van der Waals surface area contributed by atoms with Crippen molar-refractivity contribution in [2.24, 2.45) is 0 Å². The number of benzene rings is 2. The summed E-state index contributed by atoms with van der Waals surface area (Å²) in [6, 6.07) is 14.4. The molecular formula is C21H19FN4O2. The molecule has 1 fully saturated rings. The van der Waals surface area contributed by atoms with Crippen LogP contribution in [-0.4, -0.2) is 33.3 Å². The van der Waals surface area contributed by atoms with Gasteiger partial charge in [-0.05, 0) is 36.2 Å². The van der Waals surface area contributed by atoms with Gasteiger partial charge in [0.05, 0.1) is 23.1 Å². The van der Waals surface area contributed by atoms with Gasteiger partial charge >= 0.3 is 0 Å². The quantitative estimate of drug-likeness (QED) is 0.574. The standard InChI is InChI=1S/C21H19FN4O2/c22-15-7-5-14(6-8-15)21(11-12-27-13-21)20-25-19(28-26-20)10-9-18-23-16-3-1-2-4-17(16)24-18/h1-8H,9-13H2,(H,23,24)/t21-/m1/s1. The predicted molar refractivity (Wildman–Crippen MR) is 100 cm³/mol. The van der Waals surface area contributed by atoms with Gasteiger partial charge in [-0.1, -0.05) is 29.4 Å². The van der Waals surface area contributed by atoms with E-state index in [9.17, 15) is 4.39 Å². The Labute approximate surface area is 160 Å². The molecule has 1 atom stereocenters. The first kappa shape index (κ1) is 17.1. The fourth-order valence-corrected chi connectivity index (χ4v) is 3.77. The fraction of sp³-hybridized carbons (Fsp3) is 0.286. The van der Waals surface area contributed by atoms with Gasteiger partial charge in [0.25, 0.3) is 0 Å². The van der Waals surface area contributed by atoms with Crippen LogP contribution in [0.2, 0.25) is 0 Å². The zero-order valence-corrected chi connectivity index (χ0v) is 15.2. The molecular weight excluding hydrogens is 359 g/mol. The van der Waals surface area contributed by atoms with E-state index in [1.54, 1.807) is 12.1 Å². The van der Waals surface area contributed by atoms with Gasteiger partial charge < -0.3 is 14.2 Å². The highest BCUT2D eigenvalue weighted by Crippen LogP contribution is 2.38. The maximum atomic E-state index is 13.4. The van der Waals surface area contributed by atoms with E-state index in [0.29, 0.717) is 37.8 Å². The number of hydrogen-bond acceptors (Lipinski definition) is 5. The molecule has 4 aromatic rings. The monoisotopic (exact) mass is 378 g/mol. The first-order valence-electron chi connectivity index (χ1n) is 9.33. The summed E-state index contributed by atoms with van der Waals surface area (Å²) in [6.07, 6.45) is 2.00. The zero-order valence-electron chi connectivity index (χ0n) is 15.2. The van der Waals surface area contributed by atoms with Crippen molar-refractivity contribution in [1.29, 1.82) is 0 Å². The van der Waals surface area contributed by atoms with Crippen LogP contribution in [0.5, 0.6) is 0 Å². The van der Waals surface area contributed by atoms with E-state index >= 15 is 0 Å². The van der Waals surface area contributed by atoms with Gasteiger partial charge in [0.2, 0.25) is 5.89 Å². The molecule has 6 nitrogen and oxygen atoms in total. The van der Waals surface area contributed by atoms with Crippen molar-refractivity contribution >= 4 is 11.0 Å². The largest absolute Gasteiger partial charge is 0.380 e. The van der Waals surface area contributed by atoms with Gasteiger partial charge in [-0.25, -0.2) is 9.37 Å². The maximum absolute atomic E-state index is 13.4. The molecule has 2 aromatic carbocycles. The Hall–Kier alpha value is -3.06. The molecule has 142 valence electrons. The number of aromatic amines is 1. The third-order valence-corrected chi connectivity index (χ3v) is 5.33. The van der Waals surface area contributed by atoms with E-state index in [2.05, 4.69) is 20.1 Å². The van der Waals surface area contributed by atoms with E-state index in [-0.39, 0.29) is 5.82 Å². The van der Waals surface area contributed by atoms with Crippen molar-refractivity contribution in [1.82, 2.24) is 20.1 Å². The lowest BCUT2D eigenvalue weighted by Crippen LogP contribution is -2.29. The number of aromatic nitrogens is 4. The molecule has 0 radical (unpaired) electrons. The summed E-state index contributed by atoms with van der Waals surface area (Å²) in [5, 5.41) is 4.23. The second-order valence-electron chi connectivity index (χ2n) is 7.10. The molecule has 28 heavy (non-hydrogen) atoms. The molecule has 0 amide bonds. The number of imidazole rings is 1. The summed E-state index contributed by atoms with van der Waals surface area (Å²) < 4.78 is 24.5. The molecule has 5 rings (SSSR count). The second kappa shape index (κ2) is 6.83. The molecule has 1 aliphatic heterocycles. The number of halogens is 1. The normalized spacial score (nSPS) is 19.5. The Bertz CT molecular complexity index is 1060. The van der Waals surface area contributed by atoms with Crippen LogP contribution in [0.25, 0.3) is 11.0 Å². The first-order valence-corrected chi connectivity index (χ1v) is 9.33. The zero-order chi connectivity index (χ0) is 19.0. The van der Waals surface area contributed by atoms with Gasteiger partial charge in [-0.2, -0.15) is 4.98 Å². The van der Waals surface area contributed by atoms with E-state index in [1.807, 2.05) is 24.3 Å². The molecule has 2 aromatic heterocycles. The predicted octanol–water partition coefficient (Wildman–Crippen LogP) is 3.58. The molecule has 0 saturated carbocycles. The highest BCUT2D eigenvalue weighted by molar-refractivity contribution is 5.74. The summed E-state index contributed by atoms with van der Waals surface area (Å²) in [4.78, 5) is 12.5. The summed E-state index contributed by atoms with van der Waals surface area (Å²) in [5.41, 5.74) is 2.41. The number of H-pyrrole nitrogens is 1. The van der Waals surface area contributed by atoms with Crippen molar-refractivity contribution in [2.75, 3.05) is 13.2 Å². The highest BCUT2D eigenvalue weighted by atomic mass is 19.1. The smallest absolute Gasteiger partial charge is 0.227 e. The third kappa shape index (κ3) is 2.97. The van der Waals surface area contributed by atoms with Gasteiger partial charge in [0.15, 0.2) is 5.82 Å². The topological polar surface area (TPSA) is 76.8 Å². The van der Waals surface area contributed by atoms with Gasteiger partial charge in [-0.3, -0.25) is 0 Å². The molecule has 0 bridgehead atoms. The Kier molecular flexibility index (Phi) is 4.16. The van der Waals surface area contributed by atoms with Gasteiger partial charge in [0.1, 0.15) is 11.6 Å². The van der Waals surface area contributed by atoms with Crippen LogP contribution in [0, 0.1) is 5.82 Å². The molecule has 1 saturated heterocycles. The molecule has 7 heteroatoms. The summed E-state index contributed by atoms with van der Waals surface area (Å²) in [5.74, 6) is 1.77. The summed E-state index contributed by atoms with van der Waals surface area (Å²) >= 11 is 0. The average molecular weight is 378 g/mol. The number of para-hydroxylation sites is 2. The maximum Gasteiger partial charge on any atom is 0.227 e. The number of fused-ring (bicyclic) bond motifs is 1. The van der Waals surface area contributed by atoms with Crippen LogP contribution >= 0.6 is 0 Å². The molecule has 0 spiro atoms. The lowest BCUT2D eigenvalue weighted by atomic mass is 9.79. The number of nitrogens with zero attached hydrogens (tertiary/aromatic N) is 3. The Morgan fingerprint density at radius 1 is 1.04 bits per heavy atom. The summed E-state index contributed by atoms with van der Waals surface area (Å²) in [6.45, 7) is 1.07. The van der Waals surface area contributed by atoms with E-state index < -0.39 is 5.41 Å². The van der Waals surface area contributed by atoms with Gasteiger partial charge in [0, 0.05) is 19.4 Å². The van der Waals surface area contributed by atoms with Crippen molar-refractivity contribution in [3.05, 3.63) is 77.5 Å². The Morgan fingerprint density at radius 2 is 1.89 bits per heavy atom. The molecule has 0 unspecified atom stereocenters. The molecule has 1 N–H and O–H groups in total. The SMILES string of the molecule is Fc1ccc([C@@]2(c3noc(CCc4nc5ccccc5[nH]4)n3)CCOC2)cc1. The van der Waals surface area contributed by atoms with E-state index in [4.69, 9.17) is 9.26 Å². The average Bonchev–Trinajstić information content (AvgIpc) is 3.45. The van der Waals surface area contributed by atoms with Crippen LogP contribution < -0.4 is 0 Å². The summed E-state index contributed by atoms with van der Waals surface area (Å²) in [7, 11) is 0. The lowest BCUT2D eigenvalue weighted by molar-refractivity contribution is 0.182. The number of ether oxygens (including phenoxy) is 1. The van der Waals surface area contributed by atoms with Gasteiger partial charge in [-0.15, -0.1) is 0 Å². The Balaban J connectivity index is 1.37. The van der Waals surface area contributed by atoms with Crippen LogP contribution in [0.3, 0.4) is 0 Å². The second-order valence-corrected chi connectivity index (χ2v) is 7.10. The van der Waals surface area contributed by atoms with E-state index in [1.165, 1.54) is 12.1 Å². The van der Waals surface area contributed by atoms with Crippen LogP contribution in [-0.2, 0) is 23.0 Å². The molecule has 3 heterocycles. The molecule has 1 aliphatic rings. The molecule has 0 aliphatic carbocycles. The van der Waals surface area contributed by atoms with Crippen molar-refractivity contribution in [3.63, 3.8) is 0 Å². The number of nitrogens with one attached hydrogen (secondary N) is 1.